The largest absolute Gasteiger partial charge is 0.486 e. The zero-order valence-electron chi connectivity index (χ0n) is 14.9. The minimum absolute atomic E-state index is 0.199. The molecule has 1 aromatic heterocycles. The predicted molar refractivity (Wildman–Crippen MR) is 93.3 cm³/mol. The molecular weight excluding hydrogens is 352 g/mol. The normalized spacial score (nSPS) is 19.0. The van der Waals surface area contributed by atoms with Crippen LogP contribution in [-0.2, 0) is 4.79 Å². The molecule has 2 aromatic rings. The van der Waals surface area contributed by atoms with Gasteiger partial charge in [0.05, 0.1) is 17.3 Å². The third-order valence-corrected chi connectivity index (χ3v) is 4.93. The van der Waals surface area contributed by atoms with E-state index in [9.17, 15) is 14.7 Å². The van der Waals surface area contributed by atoms with Crippen LogP contribution in [-0.4, -0.2) is 63.2 Å². The molecule has 0 unspecified atom stereocenters. The summed E-state index contributed by atoms with van der Waals surface area (Å²) in [5.74, 6) is -0.392. The van der Waals surface area contributed by atoms with Crippen LogP contribution in [0.15, 0.2) is 18.2 Å². The van der Waals surface area contributed by atoms with Crippen molar-refractivity contribution in [3.05, 3.63) is 29.6 Å². The standard InChI is InChI=1S/C18H20N4O5/c1-11-16(17(23)21-6-2-3-12(10-21)18(24)25)19-20-22(11)13-4-5-14-15(9-13)27-8-7-26-14/h4-5,9,12H,2-3,6-8,10H2,1H3,(H,24,25)/t12-/m0/s1. The topological polar surface area (TPSA) is 107 Å². The zero-order valence-corrected chi connectivity index (χ0v) is 14.9. The molecule has 2 aliphatic heterocycles. The molecule has 9 heteroatoms. The van der Waals surface area contributed by atoms with E-state index in [-0.39, 0.29) is 18.1 Å². The van der Waals surface area contributed by atoms with Gasteiger partial charge in [-0.3, -0.25) is 9.59 Å². The van der Waals surface area contributed by atoms with Crippen LogP contribution in [0.3, 0.4) is 0 Å². The van der Waals surface area contributed by atoms with Crippen LogP contribution >= 0.6 is 0 Å². The number of fused-ring (bicyclic) bond motifs is 1. The molecule has 0 bridgehead atoms. The van der Waals surface area contributed by atoms with Crippen molar-refractivity contribution in [3.63, 3.8) is 0 Å². The number of carbonyl (C=O) groups is 2. The van der Waals surface area contributed by atoms with E-state index >= 15 is 0 Å². The van der Waals surface area contributed by atoms with Gasteiger partial charge in [0.2, 0.25) is 0 Å². The lowest BCUT2D eigenvalue weighted by Crippen LogP contribution is -2.42. The van der Waals surface area contributed by atoms with Gasteiger partial charge < -0.3 is 19.5 Å². The van der Waals surface area contributed by atoms with Crippen molar-refractivity contribution in [3.8, 4) is 17.2 Å². The average molecular weight is 372 g/mol. The lowest BCUT2D eigenvalue weighted by molar-refractivity contribution is -0.143. The summed E-state index contributed by atoms with van der Waals surface area (Å²) in [6.45, 7) is 3.49. The van der Waals surface area contributed by atoms with Gasteiger partial charge >= 0.3 is 5.97 Å². The number of ether oxygens (including phenoxy) is 2. The fraction of sp³-hybridized carbons (Fsp3) is 0.444. The van der Waals surface area contributed by atoms with E-state index in [4.69, 9.17) is 9.47 Å². The second-order valence-electron chi connectivity index (χ2n) is 6.69. The van der Waals surface area contributed by atoms with Crippen molar-refractivity contribution in [2.45, 2.75) is 19.8 Å². The quantitative estimate of drug-likeness (QED) is 0.865. The number of hydrogen-bond acceptors (Lipinski definition) is 6. The van der Waals surface area contributed by atoms with Gasteiger partial charge in [0.1, 0.15) is 13.2 Å². The van der Waals surface area contributed by atoms with Gasteiger partial charge in [0.25, 0.3) is 5.91 Å². The molecule has 4 rings (SSSR count). The molecule has 142 valence electrons. The predicted octanol–water partition coefficient (Wildman–Crippen LogP) is 1.28. The Bertz CT molecular complexity index is 894. The van der Waals surface area contributed by atoms with E-state index in [0.717, 1.165) is 0 Å². The maximum absolute atomic E-state index is 12.8. The number of likely N-dealkylation sites (tertiary alicyclic amines) is 1. The number of aromatic nitrogens is 3. The van der Waals surface area contributed by atoms with Gasteiger partial charge in [0.15, 0.2) is 17.2 Å². The molecule has 1 N–H and O–H groups in total. The minimum atomic E-state index is -0.871. The summed E-state index contributed by atoms with van der Waals surface area (Å²) in [6.07, 6.45) is 1.25. The van der Waals surface area contributed by atoms with E-state index in [1.165, 1.54) is 0 Å². The van der Waals surface area contributed by atoms with E-state index in [2.05, 4.69) is 10.3 Å². The van der Waals surface area contributed by atoms with Crippen LogP contribution in [0.25, 0.3) is 5.69 Å². The molecule has 9 nitrogen and oxygen atoms in total. The first-order chi connectivity index (χ1) is 13.0. The molecular formula is C18H20N4O5. The SMILES string of the molecule is Cc1c(C(=O)N2CCC[C@H](C(=O)O)C2)nnn1-c1ccc2c(c1)OCCO2. The average Bonchev–Trinajstić information content (AvgIpc) is 3.08. The Morgan fingerprint density at radius 1 is 1.22 bits per heavy atom. The Morgan fingerprint density at radius 2 is 2.00 bits per heavy atom. The lowest BCUT2D eigenvalue weighted by Gasteiger charge is -2.30. The summed E-state index contributed by atoms with van der Waals surface area (Å²) in [6, 6.07) is 5.42. The first kappa shape index (κ1) is 17.3. The Morgan fingerprint density at radius 3 is 2.78 bits per heavy atom. The number of benzene rings is 1. The number of aliphatic carboxylic acids is 1. The fourth-order valence-corrected chi connectivity index (χ4v) is 3.45. The Labute approximate surface area is 155 Å². The second kappa shape index (κ2) is 6.90. The van der Waals surface area contributed by atoms with Gasteiger partial charge in [0, 0.05) is 19.2 Å². The summed E-state index contributed by atoms with van der Waals surface area (Å²) >= 11 is 0. The van der Waals surface area contributed by atoms with Gasteiger partial charge in [-0.15, -0.1) is 5.10 Å². The highest BCUT2D eigenvalue weighted by Crippen LogP contribution is 2.32. The number of rotatable bonds is 3. The summed E-state index contributed by atoms with van der Waals surface area (Å²) in [5.41, 5.74) is 1.54. The number of carboxylic acids is 1. The van der Waals surface area contributed by atoms with Gasteiger partial charge in [-0.05, 0) is 31.9 Å². The highest BCUT2D eigenvalue weighted by Gasteiger charge is 2.31. The number of carbonyl (C=O) groups excluding carboxylic acids is 1. The number of carboxylic acid groups (broad SMARTS) is 1. The van der Waals surface area contributed by atoms with Crippen LogP contribution in [0.5, 0.6) is 11.5 Å². The highest BCUT2D eigenvalue weighted by molar-refractivity contribution is 5.93. The van der Waals surface area contributed by atoms with Crippen molar-refractivity contribution in [2.24, 2.45) is 5.92 Å². The molecule has 1 atom stereocenters. The molecule has 0 radical (unpaired) electrons. The summed E-state index contributed by atoms with van der Waals surface area (Å²) in [4.78, 5) is 25.6. The van der Waals surface area contributed by atoms with Crippen LogP contribution in [0.2, 0.25) is 0 Å². The van der Waals surface area contributed by atoms with Crippen LogP contribution < -0.4 is 9.47 Å². The van der Waals surface area contributed by atoms with Crippen molar-refractivity contribution >= 4 is 11.9 Å². The maximum atomic E-state index is 12.8. The Kier molecular flexibility index (Phi) is 4.43. The van der Waals surface area contributed by atoms with Crippen molar-refractivity contribution in [2.75, 3.05) is 26.3 Å². The summed E-state index contributed by atoms with van der Waals surface area (Å²) < 4.78 is 12.7. The fourth-order valence-electron chi connectivity index (χ4n) is 3.45. The Balaban J connectivity index is 1.59. The first-order valence-electron chi connectivity index (χ1n) is 8.89. The smallest absolute Gasteiger partial charge is 0.308 e. The van der Waals surface area contributed by atoms with Crippen LogP contribution in [0.1, 0.15) is 29.0 Å². The van der Waals surface area contributed by atoms with Gasteiger partial charge in [-0.2, -0.15) is 0 Å². The van der Waals surface area contributed by atoms with Crippen molar-refractivity contribution in [1.82, 2.24) is 19.9 Å². The highest BCUT2D eigenvalue weighted by atomic mass is 16.6. The Hall–Kier alpha value is -3.10. The maximum Gasteiger partial charge on any atom is 0.308 e. The van der Waals surface area contributed by atoms with Crippen molar-refractivity contribution in [1.29, 1.82) is 0 Å². The van der Waals surface area contributed by atoms with Crippen LogP contribution in [0, 0.1) is 12.8 Å². The molecule has 1 saturated heterocycles. The number of piperidine rings is 1. The van der Waals surface area contributed by atoms with Crippen LogP contribution in [0.4, 0.5) is 0 Å². The van der Waals surface area contributed by atoms with E-state index in [1.54, 1.807) is 28.6 Å². The number of nitrogens with zero attached hydrogens (tertiary/aromatic N) is 4. The summed E-state index contributed by atoms with van der Waals surface area (Å²) in [7, 11) is 0. The molecule has 0 saturated carbocycles. The second-order valence-corrected chi connectivity index (χ2v) is 6.69. The monoisotopic (exact) mass is 372 g/mol. The molecule has 0 aliphatic carbocycles. The third-order valence-electron chi connectivity index (χ3n) is 4.93. The number of hydrogen-bond donors (Lipinski definition) is 1. The first-order valence-corrected chi connectivity index (χ1v) is 8.89. The zero-order chi connectivity index (χ0) is 19.0. The molecule has 1 fully saturated rings. The molecule has 3 heterocycles. The van der Waals surface area contributed by atoms with Gasteiger partial charge in [-0.25, -0.2) is 4.68 Å². The third kappa shape index (κ3) is 3.20. The number of amides is 1. The lowest BCUT2D eigenvalue weighted by atomic mass is 9.98. The van der Waals surface area contributed by atoms with Crippen molar-refractivity contribution < 1.29 is 24.2 Å². The molecule has 2 aliphatic rings. The minimum Gasteiger partial charge on any atom is -0.486 e. The van der Waals surface area contributed by atoms with E-state index in [0.29, 0.717) is 55.5 Å². The summed E-state index contributed by atoms with van der Waals surface area (Å²) in [5, 5.41) is 17.4. The molecule has 27 heavy (non-hydrogen) atoms. The van der Waals surface area contributed by atoms with Gasteiger partial charge in [-0.1, -0.05) is 5.21 Å². The molecule has 1 amide bonds. The van der Waals surface area contributed by atoms with E-state index in [1.807, 2.05) is 6.07 Å². The molecule has 1 aromatic carbocycles. The van der Waals surface area contributed by atoms with E-state index < -0.39 is 11.9 Å². The molecule has 0 spiro atoms.